The van der Waals surface area contributed by atoms with Crippen molar-refractivity contribution in [2.75, 3.05) is 6.54 Å². The summed E-state index contributed by atoms with van der Waals surface area (Å²) in [5.41, 5.74) is 2.24. The monoisotopic (exact) mass is 177 g/mol. The largest absolute Gasteiger partial charge is 0.310 e. The van der Waals surface area contributed by atoms with E-state index < -0.39 is 0 Å². The molecule has 3 heteroatoms. The zero-order valence-corrected chi connectivity index (χ0v) is 8.17. The summed E-state index contributed by atoms with van der Waals surface area (Å²) in [7, 11) is 1.95. The zero-order valence-electron chi connectivity index (χ0n) is 8.17. The molecule has 0 aliphatic carbocycles. The molecule has 0 atom stereocenters. The Morgan fingerprint density at radius 2 is 2.46 bits per heavy atom. The standard InChI is InChI=1S/C10H15N3/c1-4-5-6-11-8-10-7-9(2)12-13(10)3/h1,7,11H,5-6,8H2,2-3H3. The van der Waals surface area contributed by atoms with Gasteiger partial charge in [0.2, 0.25) is 0 Å². The lowest BCUT2D eigenvalue weighted by Gasteiger charge is -2.02. The Morgan fingerprint density at radius 1 is 1.69 bits per heavy atom. The summed E-state index contributed by atoms with van der Waals surface area (Å²) >= 11 is 0. The lowest BCUT2D eigenvalue weighted by atomic mass is 10.3. The van der Waals surface area contributed by atoms with Crippen LogP contribution in [0.5, 0.6) is 0 Å². The second-order valence-electron chi connectivity index (χ2n) is 3.03. The molecule has 3 nitrogen and oxygen atoms in total. The first-order valence-electron chi connectivity index (χ1n) is 4.37. The highest BCUT2D eigenvalue weighted by Crippen LogP contribution is 2.00. The fraction of sp³-hybridized carbons (Fsp3) is 0.500. The molecule has 0 unspecified atom stereocenters. The van der Waals surface area contributed by atoms with Gasteiger partial charge in [-0.3, -0.25) is 4.68 Å². The Morgan fingerprint density at radius 3 is 3.00 bits per heavy atom. The quantitative estimate of drug-likeness (QED) is 0.545. The molecule has 13 heavy (non-hydrogen) atoms. The third-order valence-corrected chi connectivity index (χ3v) is 1.85. The second-order valence-corrected chi connectivity index (χ2v) is 3.03. The Labute approximate surface area is 79.1 Å². The van der Waals surface area contributed by atoms with Crippen LogP contribution in [-0.4, -0.2) is 16.3 Å². The maximum Gasteiger partial charge on any atom is 0.0597 e. The Balaban J connectivity index is 2.37. The molecular weight excluding hydrogens is 162 g/mol. The topological polar surface area (TPSA) is 29.9 Å². The molecule has 0 radical (unpaired) electrons. The SMILES string of the molecule is C#CCCNCc1cc(C)nn1C. The van der Waals surface area contributed by atoms with E-state index in [1.165, 1.54) is 5.69 Å². The van der Waals surface area contributed by atoms with Gasteiger partial charge in [-0.15, -0.1) is 12.3 Å². The number of nitrogens with one attached hydrogen (secondary N) is 1. The first kappa shape index (κ1) is 9.82. The van der Waals surface area contributed by atoms with Crippen molar-refractivity contribution < 1.29 is 0 Å². The molecule has 0 aliphatic rings. The molecule has 0 aliphatic heterocycles. The number of hydrogen-bond acceptors (Lipinski definition) is 2. The van der Waals surface area contributed by atoms with E-state index in [4.69, 9.17) is 6.42 Å². The van der Waals surface area contributed by atoms with Crippen molar-refractivity contribution in [2.45, 2.75) is 19.9 Å². The fourth-order valence-corrected chi connectivity index (χ4v) is 1.21. The molecule has 1 aromatic heterocycles. The minimum Gasteiger partial charge on any atom is -0.310 e. The number of nitrogens with zero attached hydrogens (tertiary/aromatic N) is 2. The van der Waals surface area contributed by atoms with E-state index in [0.29, 0.717) is 0 Å². The summed E-state index contributed by atoms with van der Waals surface area (Å²) in [6, 6.07) is 2.07. The lowest BCUT2D eigenvalue weighted by Crippen LogP contribution is -2.16. The molecule has 1 rings (SSSR count). The van der Waals surface area contributed by atoms with Crippen LogP contribution in [0.1, 0.15) is 17.8 Å². The molecule has 0 saturated carbocycles. The first-order chi connectivity index (χ1) is 6.24. The van der Waals surface area contributed by atoms with Crippen LogP contribution in [0.2, 0.25) is 0 Å². The van der Waals surface area contributed by atoms with Crippen molar-refractivity contribution in [3.63, 3.8) is 0 Å². The fourth-order valence-electron chi connectivity index (χ4n) is 1.21. The molecule has 70 valence electrons. The van der Waals surface area contributed by atoms with Crippen LogP contribution in [0.3, 0.4) is 0 Å². The average Bonchev–Trinajstić information content (AvgIpc) is 2.39. The number of terminal acetylenes is 1. The molecule has 0 fully saturated rings. The van der Waals surface area contributed by atoms with E-state index in [2.05, 4.69) is 22.4 Å². The average molecular weight is 177 g/mol. The molecular formula is C10H15N3. The first-order valence-corrected chi connectivity index (χ1v) is 4.37. The van der Waals surface area contributed by atoms with Crippen LogP contribution in [0, 0.1) is 19.3 Å². The highest BCUT2D eigenvalue weighted by molar-refractivity contribution is 5.08. The molecule has 1 N–H and O–H groups in total. The van der Waals surface area contributed by atoms with Crippen LogP contribution in [0.4, 0.5) is 0 Å². The number of aromatic nitrogens is 2. The smallest absolute Gasteiger partial charge is 0.0597 e. The van der Waals surface area contributed by atoms with Crippen LogP contribution < -0.4 is 5.32 Å². The van der Waals surface area contributed by atoms with Crippen LogP contribution in [0.25, 0.3) is 0 Å². The van der Waals surface area contributed by atoms with E-state index >= 15 is 0 Å². The van der Waals surface area contributed by atoms with Crippen molar-refractivity contribution in [2.24, 2.45) is 7.05 Å². The van der Waals surface area contributed by atoms with Crippen LogP contribution in [-0.2, 0) is 13.6 Å². The highest BCUT2D eigenvalue weighted by Gasteiger charge is 1.99. The molecule has 1 heterocycles. The van der Waals surface area contributed by atoms with E-state index in [-0.39, 0.29) is 0 Å². The van der Waals surface area contributed by atoms with Gasteiger partial charge in [0, 0.05) is 26.6 Å². The van der Waals surface area contributed by atoms with Crippen molar-refractivity contribution in [3.8, 4) is 12.3 Å². The van der Waals surface area contributed by atoms with Gasteiger partial charge in [0.25, 0.3) is 0 Å². The predicted molar refractivity (Wildman–Crippen MR) is 53.1 cm³/mol. The Bertz CT molecular complexity index is 306. The lowest BCUT2D eigenvalue weighted by molar-refractivity contribution is 0.630. The summed E-state index contributed by atoms with van der Waals surface area (Å²) in [4.78, 5) is 0. The second kappa shape index (κ2) is 4.68. The summed E-state index contributed by atoms with van der Waals surface area (Å²) in [5.74, 6) is 2.59. The van der Waals surface area contributed by atoms with Gasteiger partial charge >= 0.3 is 0 Å². The van der Waals surface area contributed by atoms with E-state index in [1.54, 1.807) is 0 Å². The van der Waals surface area contributed by atoms with Crippen molar-refractivity contribution in [1.29, 1.82) is 0 Å². The van der Waals surface area contributed by atoms with Crippen molar-refractivity contribution >= 4 is 0 Å². The maximum atomic E-state index is 5.13. The van der Waals surface area contributed by atoms with Gasteiger partial charge in [0.15, 0.2) is 0 Å². The molecule has 0 bridgehead atoms. The van der Waals surface area contributed by atoms with Crippen molar-refractivity contribution in [3.05, 3.63) is 17.5 Å². The number of rotatable bonds is 4. The molecule has 0 spiro atoms. The van der Waals surface area contributed by atoms with Gasteiger partial charge in [-0.25, -0.2) is 0 Å². The number of aryl methyl sites for hydroxylation is 2. The summed E-state index contributed by atoms with van der Waals surface area (Å²) in [6.07, 6.45) is 5.91. The van der Waals surface area contributed by atoms with Gasteiger partial charge in [0.1, 0.15) is 0 Å². The summed E-state index contributed by atoms with van der Waals surface area (Å²) in [6.45, 7) is 3.69. The number of hydrogen-bond donors (Lipinski definition) is 1. The summed E-state index contributed by atoms with van der Waals surface area (Å²) < 4.78 is 1.89. The highest BCUT2D eigenvalue weighted by atomic mass is 15.3. The van der Waals surface area contributed by atoms with Crippen LogP contribution in [0.15, 0.2) is 6.07 Å². The zero-order chi connectivity index (χ0) is 9.68. The van der Waals surface area contributed by atoms with Gasteiger partial charge in [0.05, 0.1) is 11.4 Å². The third kappa shape index (κ3) is 2.92. The van der Waals surface area contributed by atoms with Gasteiger partial charge in [-0.1, -0.05) is 0 Å². The van der Waals surface area contributed by atoms with E-state index in [9.17, 15) is 0 Å². The van der Waals surface area contributed by atoms with Crippen molar-refractivity contribution in [1.82, 2.24) is 15.1 Å². The van der Waals surface area contributed by atoms with Gasteiger partial charge in [-0.05, 0) is 13.0 Å². The van der Waals surface area contributed by atoms with E-state index in [1.807, 2.05) is 18.7 Å². The molecule has 0 aromatic carbocycles. The minimum absolute atomic E-state index is 0.775. The van der Waals surface area contributed by atoms with Gasteiger partial charge < -0.3 is 5.32 Å². The van der Waals surface area contributed by atoms with E-state index in [0.717, 1.165) is 25.2 Å². The Kier molecular flexibility index (Phi) is 3.53. The molecule has 0 saturated heterocycles. The van der Waals surface area contributed by atoms with Crippen LogP contribution >= 0.6 is 0 Å². The summed E-state index contributed by atoms with van der Waals surface area (Å²) in [5, 5.41) is 7.50. The minimum atomic E-state index is 0.775. The normalized spacial score (nSPS) is 9.92. The molecule has 0 amide bonds. The third-order valence-electron chi connectivity index (χ3n) is 1.85. The molecule has 1 aromatic rings. The van der Waals surface area contributed by atoms with Gasteiger partial charge in [-0.2, -0.15) is 5.10 Å². The predicted octanol–water partition coefficient (Wildman–Crippen LogP) is 0.841. The maximum absolute atomic E-state index is 5.13. The Hall–Kier alpha value is -1.27.